The Morgan fingerprint density at radius 3 is 2.56 bits per heavy atom. The lowest BCUT2D eigenvalue weighted by atomic mass is 10.0. The zero-order valence-corrected chi connectivity index (χ0v) is 18.4. The lowest BCUT2D eigenvalue weighted by Crippen LogP contribution is -2.13. The molecule has 0 saturated heterocycles. The van der Waals surface area contributed by atoms with Gasteiger partial charge in [-0.1, -0.05) is 18.2 Å². The minimum Gasteiger partial charge on any atom is -0.439 e. The third kappa shape index (κ3) is 5.43. The van der Waals surface area contributed by atoms with E-state index in [2.05, 4.69) is 20.6 Å². The molecule has 174 valence electrons. The number of hydrogen-bond acceptors (Lipinski definition) is 5. The van der Waals surface area contributed by atoms with Crippen molar-refractivity contribution in [2.24, 2.45) is 0 Å². The summed E-state index contributed by atoms with van der Waals surface area (Å²) in [6.07, 6.45) is -2.91. The van der Waals surface area contributed by atoms with Gasteiger partial charge in [0.05, 0.1) is 5.56 Å². The summed E-state index contributed by atoms with van der Waals surface area (Å²) in [6, 6.07) is 16.6. The van der Waals surface area contributed by atoms with Gasteiger partial charge in [0.2, 0.25) is 11.8 Å². The largest absolute Gasteiger partial charge is 0.439 e. The molecule has 0 radical (unpaired) electrons. The maximum Gasteiger partial charge on any atom is 0.416 e. The van der Waals surface area contributed by atoms with E-state index in [1.54, 1.807) is 42.6 Å². The molecule has 0 aliphatic heterocycles. The second-order valence-electron chi connectivity index (χ2n) is 7.84. The zero-order chi connectivity index (χ0) is 24.3. The number of carbonyl (C=O) groups is 1. The van der Waals surface area contributed by atoms with Gasteiger partial charge in [-0.25, -0.2) is 4.98 Å². The van der Waals surface area contributed by atoms with Crippen LogP contribution in [-0.2, 0) is 6.18 Å². The number of alkyl halides is 3. The number of benzene rings is 3. The van der Waals surface area contributed by atoms with E-state index in [4.69, 9.17) is 4.74 Å². The first kappa shape index (κ1) is 23.0. The van der Waals surface area contributed by atoms with E-state index in [0.717, 1.165) is 17.5 Å². The topological polar surface area (TPSA) is 76.1 Å². The molecule has 0 atom stereocenters. The number of anilines is 2. The molecule has 0 spiro atoms. The maximum absolute atomic E-state index is 13.0. The van der Waals surface area contributed by atoms with E-state index in [9.17, 15) is 18.0 Å². The van der Waals surface area contributed by atoms with Gasteiger partial charge in [0.1, 0.15) is 5.75 Å². The minimum atomic E-state index is -4.49. The Morgan fingerprint density at radius 2 is 1.79 bits per heavy atom. The molecular formula is C25H21F3N4O2. The van der Waals surface area contributed by atoms with Gasteiger partial charge in [-0.15, -0.1) is 0 Å². The van der Waals surface area contributed by atoms with Crippen molar-refractivity contribution >= 4 is 28.3 Å². The Hall–Kier alpha value is -4.14. The van der Waals surface area contributed by atoms with Crippen molar-refractivity contribution in [2.75, 3.05) is 10.6 Å². The molecule has 34 heavy (non-hydrogen) atoms. The molecule has 0 bridgehead atoms. The molecule has 9 heteroatoms. The van der Waals surface area contributed by atoms with E-state index in [-0.39, 0.29) is 11.7 Å². The van der Waals surface area contributed by atoms with Gasteiger partial charge in [-0.2, -0.15) is 18.2 Å². The van der Waals surface area contributed by atoms with Crippen LogP contribution in [0.4, 0.5) is 24.8 Å². The van der Waals surface area contributed by atoms with Crippen LogP contribution in [0.25, 0.3) is 10.8 Å². The van der Waals surface area contributed by atoms with Gasteiger partial charge in [0.15, 0.2) is 0 Å². The number of rotatable bonds is 6. The van der Waals surface area contributed by atoms with Gasteiger partial charge in [-0.05, 0) is 67.1 Å². The van der Waals surface area contributed by atoms with Crippen molar-refractivity contribution in [3.63, 3.8) is 0 Å². The Kier molecular flexibility index (Phi) is 6.36. The summed E-state index contributed by atoms with van der Waals surface area (Å²) in [6.45, 7) is 3.95. The number of halogens is 3. The molecule has 0 saturated carbocycles. The van der Waals surface area contributed by atoms with Gasteiger partial charge < -0.3 is 15.4 Å². The monoisotopic (exact) mass is 466 g/mol. The number of amides is 1. The van der Waals surface area contributed by atoms with Crippen LogP contribution in [0.3, 0.4) is 0 Å². The van der Waals surface area contributed by atoms with Crippen molar-refractivity contribution in [2.45, 2.75) is 26.1 Å². The molecule has 0 fully saturated rings. The van der Waals surface area contributed by atoms with Crippen LogP contribution in [0, 0.1) is 0 Å². The molecule has 1 heterocycles. The highest BCUT2D eigenvalue weighted by Crippen LogP contribution is 2.31. The number of carbonyl (C=O) groups excluding carboxylic acids is 1. The summed E-state index contributed by atoms with van der Waals surface area (Å²) < 4.78 is 44.8. The highest BCUT2D eigenvalue weighted by atomic mass is 19.4. The first-order valence-electron chi connectivity index (χ1n) is 10.5. The van der Waals surface area contributed by atoms with Crippen LogP contribution in [0.5, 0.6) is 11.6 Å². The summed E-state index contributed by atoms with van der Waals surface area (Å²) in [7, 11) is 0. The Bertz CT molecular complexity index is 1340. The van der Waals surface area contributed by atoms with E-state index >= 15 is 0 Å². The highest BCUT2D eigenvalue weighted by molar-refractivity contribution is 6.13. The number of nitrogens with zero attached hydrogens (tertiary/aromatic N) is 2. The molecule has 3 aromatic carbocycles. The van der Waals surface area contributed by atoms with Crippen molar-refractivity contribution in [1.82, 2.24) is 9.97 Å². The maximum atomic E-state index is 13.0. The fraction of sp³-hybridized carbons (Fsp3) is 0.160. The fourth-order valence-corrected chi connectivity index (χ4v) is 3.34. The SMILES string of the molecule is CC(C)Nc1nccc(Oc2ccc3c(C(=O)Nc4cccc(C(F)(F)F)c4)cccc3c2)n1. The van der Waals surface area contributed by atoms with Gasteiger partial charge in [0, 0.05) is 29.6 Å². The van der Waals surface area contributed by atoms with Crippen LogP contribution in [0.15, 0.2) is 72.9 Å². The van der Waals surface area contributed by atoms with Crippen LogP contribution in [-0.4, -0.2) is 21.9 Å². The van der Waals surface area contributed by atoms with Gasteiger partial charge in [0.25, 0.3) is 5.91 Å². The van der Waals surface area contributed by atoms with Gasteiger partial charge >= 0.3 is 6.18 Å². The molecular weight excluding hydrogens is 445 g/mol. The first-order chi connectivity index (χ1) is 16.2. The van der Waals surface area contributed by atoms with E-state index < -0.39 is 17.6 Å². The molecule has 2 N–H and O–H groups in total. The van der Waals surface area contributed by atoms with E-state index in [0.29, 0.717) is 28.5 Å². The quantitative estimate of drug-likeness (QED) is 0.339. The van der Waals surface area contributed by atoms with E-state index in [1.165, 1.54) is 12.1 Å². The Labute approximate surface area is 193 Å². The lowest BCUT2D eigenvalue weighted by molar-refractivity contribution is -0.137. The number of hydrogen-bond donors (Lipinski definition) is 2. The summed E-state index contributed by atoms with van der Waals surface area (Å²) in [5.41, 5.74) is -0.445. The van der Waals surface area contributed by atoms with Crippen LogP contribution in [0.1, 0.15) is 29.8 Å². The molecule has 1 amide bonds. The third-order valence-electron chi connectivity index (χ3n) is 4.81. The second kappa shape index (κ2) is 9.38. The van der Waals surface area contributed by atoms with Crippen molar-refractivity contribution in [3.8, 4) is 11.6 Å². The summed E-state index contributed by atoms with van der Waals surface area (Å²) in [5.74, 6) is 0.800. The lowest BCUT2D eigenvalue weighted by Gasteiger charge is -2.12. The summed E-state index contributed by atoms with van der Waals surface area (Å²) in [5, 5.41) is 7.00. The smallest absolute Gasteiger partial charge is 0.416 e. The van der Waals surface area contributed by atoms with Crippen molar-refractivity contribution in [3.05, 3.63) is 84.1 Å². The van der Waals surface area contributed by atoms with Crippen LogP contribution in [0.2, 0.25) is 0 Å². The molecule has 4 aromatic rings. The average Bonchev–Trinajstić information content (AvgIpc) is 2.78. The Morgan fingerprint density at radius 1 is 1.00 bits per heavy atom. The number of nitrogens with one attached hydrogen (secondary N) is 2. The molecule has 0 aliphatic carbocycles. The van der Waals surface area contributed by atoms with E-state index in [1.807, 2.05) is 19.9 Å². The predicted molar refractivity (Wildman–Crippen MR) is 124 cm³/mol. The third-order valence-corrected chi connectivity index (χ3v) is 4.81. The Balaban J connectivity index is 1.56. The number of aromatic nitrogens is 2. The predicted octanol–water partition coefficient (Wildman–Crippen LogP) is 6.51. The number of fused-ring (bicyclic) bond motifs is 1. The molecule has 4 rings (SSSR count). The number of ether oxygens (including phenoxy) is 1. The van der Waals surface area contributed by atoms with Crippen molar-refractivity contribution in [1.29, 1.82) is 0 Å². The second-order valence-corrected chi connectivity index (χ2v) is 7.84. The highest BCUT2D eigenvalue weighted by Gasteiger charge is 2.30. The molecule has 0 aliphatic rings. The summed E-state index contributed by atoms with van der Waals surface area (Å²) in [4.78, 5) is 21.3. The minimum absolute atomic E-state index is 0.0614. The summed E-state index contributed by atoms with van der Waals surface area (Å²) >= 11 is 0. The fourth-order valence-electron chi connectivity index (χ4n) is 3.34. The molecule has 1 aromatic heterocycles. The molecule has 6 nitrogen and oxygen atoms in total. The van der Waals surface area contributed by atoms with Crippen LogP contribution >= 0.6 is 0 Å². The average molecular weight is 466 g/mol. The van der Waals surface area contributed by atoms with Crippen molar-refractivity contribution < 1.29 is 22.7 Å². The van der Waals surface area contributed by atoms with Crippen LogP contribution < -0.4 is 15.4 Å². The first-order valence-corrected chi connectivity index (χ1v) is 10.5. The standard InChI is InChI=1S/C25H21F3N4O2/c1-15(2)30-24-29-12-11-22(32-24)34-19-9-10-20-16(13-19)5-3-8-21(20)23(33)31-18-7-4-6-17(14-18)25(26,27)28/h3-15H,1-2H3,(H,31,33)(H,29,30,32). The molecule has 0 unspecified atom stereocenters. The zero-order valence-electron chi connectivity index (χ0n) is 18.4. The normalized spacial score (nSPS) is 11.5. The van der Waals surface area contributed by atoms with Gasteiger partial charge in [-0.3, -0.25) is 4.79 Å².